The van der Waals surface area contributed by atoms with Crippen molar-refractivity contribution in [3.05, 3.63) is 34.9 Å². The van der Waals surface area contributed by atoms with Crippen LogP contribution in [0.4, 0.5) is 0 Å². The molecule has 0 radical (unpaired) electrons. The third-order valence-electron chi connectivity index (χ3n) is 4.17. The van der Waals surface area contributed by atoms with Crippen molar-refractivity contribution >= 4 is 21.8 Å². The number of aryl methyl sites for hydroxylation is 1. The molecule has 0 saturated heterocycles. The van der Waals surface area contributed by atoms with E-state index in [4.69, 9.17) is 0 Å². The van der Waals surface area contributed by atoms with Gasteiger partial charge in [0.05, 0.1) is 0 Å². The average Bonchev–Trinajstić information content (AvgIpc) is 2.49. The maximum absolute atomic E-state index is 12.0. The Labute approximate surface area is 116 Å². The summed E-state index contributed by atoms with van der Waals surface area (Å²) in [6, 6.07) is 6.42. The standard InChI is InChI=1S/C15H18BrNO/c16-14(11-3-1-4-11)12-7-6-10-5-2-8-17-15(18)13(10)9-12/h6-7,9,11,14H,1-5,8H2,(H,17,18). The molecule has 1 aliphatic carbocycles. The van der Waals surface area contributed by atoms with Crippen LogP contribution in [0.2, 0.25) is 0 Å². The quantitative estimate of drug-likeness (QED) is 0.831. The smallest absolute Gasteiger partial charge is 0.251 e. The molecule has 1 aliphatic heterocycles. The van der Waals surface area contributed by atoms with Crippen LogP contribution in [0.3, 0.4) is 0 Å². The first-order valence-electron chi connectivity index (χ1n) is 6.81. The molecule has 96 valence electrons. The zero-order valence-corrected chi connectivity index (χ0v) is 12.0. The summed E-state index contributed by atoms with van der Waals surface area (Å²) < 4.78 is 0. The predicted molar refractivity (Wildman–Crippen MR) is 76.1 cm³/mol. The maximum atomic E-state index is 12.0. The van der Waals surface area contributed by atoms with E-state index in [-0.39, 0.29) is 5.91 Å². The second kappa shape index (κ2) is 5.04. The van der Waals surface area contributed by atoms with Crippen LogP contribution in [-0.2, 0) is 6.42 Å². The fourth-order valence-corrected chi connectivity index (χ4v) is 3.59. The van der Waals surface area contributed by atoms with Gasteiger partial charge in [-0.15, -0.1) is 0 Å². The number of carbonyl (C=O) groups excluding carboxylic acids is 1. The third kappa shape index (κ3) is 2.20. The minimum absolute atomic E-state index is 0.0951. The van der Waals surface area contributed by atoms with Crippen LogP contribution in [0.1, 0.15) is 52.0 Å². The van der Waals surface area contributed by atoms with Crippen molar-refractivity contribution in [3.8, 4) is 0 Å². The first-order chi connectivity index (χ1) is 8.75. The Morgan fingerprint density at radius 1 is 1.28 bits per heavy atom. The highest BCUT2D eigenvalue weighted by Crippen LogP contribution is 2.43. The normalized spacial score (nSPS) is 21.5. The summed E-state index contributed by atoms with van der Waals surface area (Å²) in [5, 5.41) is 2.97. The first kappa shape index (κ1) is 12.2. The van der Waals surface area contributed by atoms with Gasteiger partial charge < -0.3 is 5.32 Å². The molecule has 3 heteroatoms. The van der Waals surface area contributed by atoms with Crippen LogP contribution in [0.5, 0.6) is 0 Å². The van der Waals surface area contributed by atoms with Crippen molar-refractivity contribution < 1.29 is 4.79 Å². The van der Waals surface area contributed by atoms with E-state index in [9.17, 15) is 4.79 Å². The Bertz CT molecular complexity index is 468. The second-order valence-corrected chi connectivity index (χ2v) is 6.36. The van der Waals surface area contributed by atoms with E-state index >= 15 is 0 Å². The number of carbonyl (C=O) groups is 1. The number of nitrogens with one attached hydrogen (secondary N) is 1. The zero-order valence-electron chi connectivity index (χ0n) is 10.4. The molecule has 2 nitrogen and oxygen atoms in total. The first-order valence-corrected chi connectivity index (χ1v) is 7.72. The largest absolute Gasteiger partial charge is 0.352 e. The predicted octanol–water partition coefficient (Wildman–Crippen LogP) is 3.60. The molecule has 1 heterocycles. The molecule has 1 amide bonds. The molecule has 1 fully saturated rings. The lowest BCUT2D eigenvalue weighted by molar-refractivity contribution is 0.0956. The van der Waals surface area contributed by atoms with E-state index < -0.39 is 0 Å². The van der Waals surface area contributed by atoms with E-state index in [2.05, 4.69) is 39.4 Å². The Morgan fingerprint density at radius 3 is 2.83 bits per heavy atom. The van der Waals surface area contributed by atoms with Gasteiger partial charge in [-0.2, -0.15) is 0 Å². The number of alkyl halides is 1. The van der Waals surface area contributed by atoms with E-state index in [1.807, 2.05) is 0 Å². The highest BCUT2D eigenvalue weighted by molar-refractivity contribution is 9.09. The molecular weight excluding hydrogens is 290 g/mol. The highest BCUT2D eigenvalue weighted by Gasteiger charge is 2.27. The van der Waals surface area contributed by atoms with E-state index in [1.54, 1.807) is 0 Å². The number of rotatable bonds is 2. The number of halogens is 1. The summed E-state index contributed by atoms with van der Waals surface area (Å²) >= 11 is 3.80. The molecule has 1 atom stereocenters. The van der Waals surface area contributed by atoms with Gasteiger partial charge in [0.1, 0.15) is 0 Å². The number of fused-ring (bicyclic) bond motifs is 1. The lowest BCUT2D eigenvalue weighted by Gasteiger charge is -2.30. The van der Waals surface area contributed by atoms with Crippen LogP contribution in [-0.4, -0.2) is 12.5 Å². The highest BCUT2D eigenvalue weighted by atomic mass is 79.9. The zero-order chi connectivity index (χ0) is 12.5. The fourth-order valence-electron chi connectivity index (χ4n) is 2.78. The molecule has 0 bridgehead atoms. The van der Waals surface area contributed by atoms with Crippen LogP contribution in [0.25, 0.3) is 0 Å². The molecule has 1 aromatic rings. The molecule has 1 unspecified atom stereocenters. The van der Waals surface area contributed by atoms with Crippen molar-refractivity contribution in [3.63, 3.8) is 0 Å². The summed E-state index contributed by atoms with van der Waals surface area (Å²) in [6.45, 7) is 0.795. The van der Waals surface area contributed by atoms with Crippen molar-refractivity contribution in [1.82, 2.24) is 5.32 Å². The Hall–Kier alpha value is -0.830. The molecule has 3 rings (SSSR count). The molecule has 1 saturated carbocycles. The maximum Gasteiger partial charge on any atom is 0.251 e. The van der Waals surface area contributed by atoms with Crippen molar-refractivity contribution in [2.45, 2.75) is 36.9 Å². The minimum atomic E-state index is 0.0951. The van der Waals surface area contributed by atoms with Gasteiger partial charge in [0.25, 0.3) is 5.91 Å². The van der Waals surface area contributed by atoms with Crippen LogP contribution >= 0.6 is 15.9 Å². The van der Waals surface area contributed by atoms with Gasteiger partial charge in [0, 0.05) is 16.9 Å². The summed E-state index contributed by atoms with van der Waals surface area (Å²) in [6.07, 6.45) is 6.00. The Kier molecular flexibility index (Phi) is 3.42. The van der Waals surface area contributed by atoms with E-state index in [1.165, 1.54) is 30.4 Å². The van der Waals surface area contributed by atoms with Crippen molar-refractivity contribution in [2.75, 3.05) is 6.54 Å². The molecular formula is C15H18BrNO. The minimum Gasteiger partial charge on any atom is -0.352 e. The molecule has 0 aromatic heterocycles. The number of amides is 1. The molecule has 1 N–H and O–H groups in total. The number of hydrogen-bond donors (Lipinski definition) is 1. The van der Waals surface area contributed by atoms with Gasteiger partial charge in [-0.1, -0.05) is 34.5 Å². The summed E-state index contributed by atoms with van der Waals surface area (Å²) in [5.74, 6) is 0.842. The van der Waals surface area contributed by atoms with Gasteiger partial charge >= 0.3 is 0 Å². The topological polar surface area (TPSA) is 29.1 Å². The van der Waals surface area contributed by atoms with Crippen molar-refractivity contribution in [1.29, 1.82) is 0 Å². The molecule has 1 aromatic carbocycles. The summed E-state index contributed by atoms with van der Waals surface area (Å²) in [7, 11) is 0. The lowest BCUT2D eigenvalue weighted by atomic mass is 9.80. The number of benzene rings is 1. The molecule has 2 aliphatic rings. The average molecular weight is 308 g/mol. The SMILES string of the molecule is O=C1NCCCc2ccc(C(Br)C3CCC3)cc21. The van der Waals surface area contributed by atoms with Gasteiger partial charge in [-0.25, -0.2) is 0 Å². The van der Waals surface area contributed by atoms with Crippen molar-refractivity contribution in [2.24, 2.45) is 5.92 Å². The molecule has 0 spiro atoms. The van der Waals surface area contributed by atoms with Gasteiger partial charge in [-0.3, -0.25) is 4.79 Å². The second-order valence-electron chi connectivity index (χ2n) is 5.37. The van der Waals surface area contributed by atoms with E-state index in [0.717, 1.165) is 30.9 Å². The van der Waals surface area contributed by atoms with Crippen LogP contribution in [0.15, 0.2) is 18.2 Å². The van der Waals surface area contributed by atoms with E-state index in [0.29, 0.717) is 4.83 Å². The number of hydrogen-bond acceptors (Lipinski definition) is 1. The fraction of sp³-hybridized carbons (Fsp3) is 0.533. The van der Waals surface area contributed by atoms with Crippen LogP contribution in [0, 0.1) is 5.92 Å². The Balaban J connectivity index is 1.91. The van der Waals surface area contributed by atoms with Gasteiger partial charge in [0.15, 0.2) is 0 Å². The van der Waals surface area contributed by atoms with Crippen LogP contribution < -0.4 is 5.32 Å². The monoisotopic (exact) mass is 307 g/mol. The molecule has 18 heavy (non-hydrogen) atoms. The lowest BCUT2D eigenvalue weighted by Crippen LogP contribution is -2.23. The third-order valence-corrected chi connectivity index (χ3v) is 5.45. The van der Waals surface area contributed by atoms with Gasteiger partial charge in [0.2, 0.25) is 0 Å². The summed E-state index contributed by atoms with van der Waals surface area (Å²) in [4.78, 5) is 12.4. The summed E-state index contributed by atoms with van der Waals surface area (Å²) in [5.41, 5.74) is 3.34. The Morgan fingerprint density at radius 2 is 2.11 bits per heavy atom. The van der Waals surface area contributed by atoms with Gasteiger partial charge in [-0.05, 0) is 48.8 Å².